The van der Waals surface area contributed by atoms with Gasteiger partial charge in [0.15, 0.2) is 0 Å². The Morgan fingerprint density at radius 1 is 0.933 bits per heavy atom. The second-order valence-corrected chi connectivity index (χ2v) is 5.10. The van der Waals surface area contributed by atoms with E-state index in [1.165, 1.54) is 9.79 Å². The minimum Gasteiger partial charge on any atom is -0.398 e. The fourth-order valence-electron chi connectivity index (χ4n) is 1.20. The largest absolute Gasteiger partial charge is 0.398 e. The number of hydrogen-bond donors (Lipinski definition) is 1. The lowest BCUT2D eigenvalue weighted by Gasteiger charge is -2.03. The number of benzene rings is 2. The first kappa shape index (κ1) is 10.6. The van der Waals surface area contributed by atoms with Crippen molar-refractivity contribution in [1.82, 2.24) is 0 Å². The van der Waals surface area contributed by atoms with E-state index in [9.17, 15) is 0 Å². The van der Waals surface area contributed by atoms with Crippen LogP contribution in [0.4, 0.5) is 5.69 Å². The van der Waals surface area contributed by atoms with Crippen LogP contribution in [-0.4, -0.2) is 0 Å². The molecule has 0 atom stereocenters. The smallest absolute Gasteiger partial charge is 0.0459 e. The number of nitrogen functional groups attached to an aromatic ring is 1. The maximum absolute atomic E-state index is 5.73. The molecule has 76 valence electrons. The van der Waals surface area contributed by atoms with Crippen molar-refractivity contribution in [3.63, 3.8) is 0 Å². The third-order valence-corrected chi connectivity index (χ3v) is 3.64. The van der Waals surface area contributed by atoms with Crippen LogP contribution >= 0.6 is 27.7 Å². The average Bonchev–Trinajstić information content (AvgIpc) is 2.25. The van der Waals surface area contributed by atoms with E-state index >= 15 is 0 Å². The molecule has 0 radical (unpaired) electrons. The van der Waals surface area contributed by atoms with Gasteiger partial charge in [0, 0.05) is 20.0 Å². The predicted octanol–water partition coefficient (Wildman–Crippen LogP) is 4.18. The van der Waals surface area contributed by atoms with Gasteiger partial charge in [-0.3, -0.25) is 0 Å². The maximum atomic E-state index is 5.73. The monoisotopic (exact) mass is 279 g/mol. The summed E-state index contributed by atoms with van der Waals surface area (Å²) < 4.78 is 0.948. The van der Waals surface area contributed by atoms with Gasteiger partial charge in [0.2, 0.25) is 0 Å². The lowest BCUT2D eigenvalue weighted by Crippen LogP contribution is -1.85. The minimum atomic E-state index is 0.771. The molecule has 3 heteroatoms. The topological polar surface area (TPSA) is 26.0 Å². The number of halogens is 1. The molecule has 2 N–H and O–H groups in total. The summed E-state index contributed by atoms with van der Waals surface area (Å²) in [7, 11) is 0. The third-order valence-electron chi connectivity index (χ3n) is 1.95. The van der Waals surface area contributed by atoms with Crippen molar-refractivity contribution in [2.24, 2.45) is 0 Å². The van der Waals surface area contributed by atoms with Gasteiger partial charge in [-0.2, -0.15) is 0 Å². The highest BCUT2D eigenvalue weighted by Crippen LogP contribution is 2.31. The fraction of sp³-hybridized carbons (Fsp3) is 0. The van der Waals surface area contributed by atoms with Crippen LogP contribution in [-0.2, 0) is 0 Å². The van der Waals surface area contributed by atoms with E-state index in [0.717, 1.165) is 10.2 Å². The molecule has 0 heterocycles. The first-order chi connectivity index (χ1) is 7.25. The molecule has 0 aliphatic heterocycles. The Morgan fingerprint density at radius 3 is 2.33 bits per heavy atom. The highest BCUT2D eigenvalue weighted by Gasteiger charge is 1.99. The van der Waals surface area contributed by atoms with Crippen LogP contribution < -0.4 is 5.73 Å². The molecule has 0 aliphatic carbocycles. The van der Waals surface area contributed by atoms with Crippen LogP contribution in [0.5, 0.6) is 0 Å². The molecule has 0 unspecified atom stereocenters. The lowest BCUT2D eigenvalue weighted by molar-refractivity contribution is 1.39. The van der Waals surface area contributed by atoms with Crippen molar-refractivity contribution >= 4 is 33.4 Å². The quantitative estimate of drug-likeness (QED) is 0.835. The summed E-state index contributed by atoms with van der Waals surface area (Å²) in [4.78, 5) is 2.41. The SMILES string of the molecule is Nc1ccc(Sc2ccccc2)cc1Br. The molecule has 0 amide bonds. The zero-order valence-electron chi connectivity index (χ0n) is 7.98. The van der Waals surface area contributed by atoms with Crippen LogP contribution in [0.3, 0.4) is 0 Å². The minimum absolute atomic E-state index is 0.771. The Morgan fingerprint density at radius 2 is 1.67 bits per heavy atom. The van der Waals surface area contributed by atoms with E-state index in [1.807, 2.05) is 36.4 Å². The summed E-state index contributed by atoms with van der Waals surface area (Å²) in [6.07, 6.45) is 0. The number of hydrogen-bond acceptors (Lipinski definition) is 2. The van der Waals surface area contributed by atoms with E-state index in [2.05, 4.69) is 28.1 Å². The van der Waals surface area contributed by atoms with E-state index in [0.29, 0.717) is 0 Å². The predicted molar refractivity (Wildman–Crippen MR) is 69.1 cm³/mol. The molecule has 15 heavy (non-hydrogen) atoms. The van der Waals surface area contributed by atoms with Crippen LogP contribution in [0.1, 0.15) is 0 Å². The Kier molecular flexibility index (Phi) is 3.34. The lowest BCUT2D eigenvalue weighted by atomic mass is 10.3. The second-order valence-electron chi connectivity index (χ2n) is 3.10. The van der Waals surface area contributed by atoms with Gasteiger partial charge >= 0.3 is 0 Å². The van der Waals surface area contributed by atoms with Crippen molar-refractivity contribution in [2.75, 3.05) is 5.73 Å². The van der Waals surface area contributed by atoms with Gasteiger partial charge in [-0.25, -0.2) is 0 Å². The van der Waals surface area contributed by atoms with Crippen LogP contribution in [0.2, 0.25) is 0 Å². The molecular formula is C12H10BrNS. The summed E-state index contributed by atoms with van der Waals surface area (Å²) in [5.74, 6) is 0. The standard InChI is InChI=1S/C12H10BrNS/c13-11-8-10(6-7-12(11)14)15-9-4-2-1-3-5-9/h1-8H,14H2. The third kappa shape index (κ3) is 2.76. The van der Waals surface area contributed by atoms with Crippen LogP contribution in [0.25, 0.3) is 0 Å². The van der Waals surface area contributed by atoms with E-state index < -0.39 is 0 Å². The molecular weight excluding hydrogens is 270 g/mol. The summed E-state index contributed by atoms with van der Waals surface area (Å²) in [6.45, 7) is 0. The normalized spacial score (nSPS) is 10.2. The van der Waals surface area contributed by atoms with Crippen molar-refractivity contribution < 1.29 is 0 Å². The molecule has 0 aromatic heterocycles. The van der Waals surface area contributed by atoms with Crippen molar-refractivity contribution in [3.8, 4) is 0 Å². The van der Waals surface area contributed by atoms with E-state index in [-0.39, 0.29) is 0 Å². The van der Waals surface area contributed by atoms with Crippen molar-refractivity contribution in [1.29, 1.82) is 0 Å². The molecule has 2 rings (SSSR count). The van der Waals surface area contributed by atoms with Crippen LogP contribution in [0.15, 0.2) is 62.8 Å². The first-order valence-corrected chi connectivity index (χ1v) is 6.14. The molecule has 2 aromatic rings. The first-order valence-electron chi connectivity index (χ1n) is 4.53. The van der Waals surface area contributed by atoms with Gasteiger partial charge in [-0.05, 0) is 46.3 Å². The zero-order valence-corrected chi connectivity index (χ0v) is 10.4. The number of nitrogens with two attached hydrogens (primary N) is 1. The van der Waals surface area contributed by atoms with Gasteiger partial charge in [-0.1, -0.05) is 30.0 Å². The van der Waals surface area contributed by atoms with E-state index in [1.54, 1.807) is 11.8 Å². The Bertz CT molecular complexity index is 456. The molecule has 0 fully saturated rings. The number of rotatable bonds is 2. The summed E-state index contributed by atoms with van der Waals surface area (Å²) in [5.41, 5.74) is 6.50. The molecule has 0 spiro atoms. The van der Waals surface area contributed by atoms with Crippen molar-refractivity contribution in [2.45, 2.75) is 9.79 Å². The molecule has 1 nitrogen and oxygen atoms in total. The molecule has 2 aromatic carbocycles. The Hall–Kier alpha value is -0.930. The maximum Gasteiger partial charge on any atom is 0.0459 e. The van der Waals surface area contributed by atoms with E-state index in [4.69, 9.17) is 5.73 Å². The molecule has 0 saturated carbocycles. The number of anilines is 1. The average molecular weight is 280 g/mol. The summed E-state index contributed by atoms with van der Waals surface area (Å²) in [5, 5.41) is 0. The van der Waals surface area contributed by atoms with Gasteiger partial charge in [0.1, 0.15) is 0 Å². The highest BCUT2D eigenvalue weighted by atomic mass is 79.9. The second kappa shape index (κ2) is 4.73. The van der Waals surface area contributed by atoms with Gasteiger partial charge in [0.05, 0.1) is 0 Å². The van der Waals surface area contributed by atoms with Crippen LogP contribution in [0, 0.1) is 0 Å². The van der Waals surface area contributed by atoms with Gasteiger partial charge in [-0.15, -0.1) is 0 Å². The Balaban J connectivity index is 2.22. The van der Waals surface area contributed by atoms with Crippen molar-refractivity contribution in [3.05, 3.63) is 53.0 Å². The summed E-state index contributed by atoms with van der Waals surface area (Å²) >= 11 is 5.15. The zero-order chi connectivity index (χ0) is 10.7. The Labute approximate surface area is 102 Å². The van der Waals surface area contributed by atoms with Gasteiger partial charge < -0.3 is 5.73 Å². The van der Waals surface area contributed by atoms with Gasteiger partial charge in [0.25, 0.3) is 0 Å². The molecule has 0 aliphatic rings. The fourth-order valence-corrected chi connectivity index (χ4v) is 2.60. The molecule has 0 bridgehead atoms. The summed E-state index contributed by atoms with van der Waals surface area (Å²) in [6, 6.07) is 16.2. The molecule has 0 saturated heterocycles. The highest BCUT2D eigenvalue weighted by molar-refractivity contribution is 9.10.